The largest absolute Gasteiger partial charge is 0.463 e. The van der Waals surface area contributed by atoms with Crippen LogP contribution in [0.5, 0.6) is 0 Å². The molecule has 284 valence electrons. The van der Waals surface area contributed by atoms with Gasteiger partial charge in [0.25, 0.3) is 0 Å². The number of carbonyl (C=O) groups is 4. The van der Waals surface area contributed by atoms with Crippen molar-refractivity contribution in [1.82, 2.24) is 16.0 Å². The van der Waals surface area contributed by atoms with Gasteiger partial charge in [0.2, 0.25) is 11.8 Å². The van der Waals surface area contributed by atoms with Gasteiger partial charge in [-0.05, 0) is 68.1 Å². The number of benzene rings is 3. The number of aliphatic hydroxyl groups is 1. The van der Waals surface area contributed by atoms with Gasteiger partial charge in [0.15, 0.2) is 0 Å². The molecule has 3 amide bonds. The fraction of sp³-hybridized carbons (Fsp3) is 0.395. The van der Waals surface area contributed by atoms with Gasteiger partial charge in [-0.1, -0.05) is 103 Å². The molecule has 0 spiro atoms. The first-order chi connectivity index (χ1) is 25.8. The van der Waals surface area contributed by atoms with Crippen molar-refractivity contribution in [2.24, 2.45) is 11.8 Å². The molecule has 0 fully saturated rings. The van der Waals surface area contributed by atoms with E-state index in [1.807, 2.05) is 91.0 Å². The van der Waals surface area contributed by atoms with Crippen LogP contribution >= 0.6 is 0 Å². The topological polar surface area (TPSA) is 143 Å². The van der Waals surface area contributed by atoms with Gasteiger partial charge in [0.1, 0.15) is 13.2 Å². The van der Waals surface area contributed by atoms with Gasteiger partial charge in [0, 0.05) is 13.0 Å². The summed E-state index contributed by atoms with van der Waals surface area (Å²) in [6, 6.07) is 27.6. The lowest BCUT2D eigenvalue weighted by atomic mass is 9.95. The van der Waals surface area contributed by atoms with Crippen LogP contribution in [0, 0.1) is 11.8 Å². The molecule has 53 heavy (non-hydrogen) atoms. The average Bonchev–Trinajstić information content (AvgIpc) is 3.18. The molecule has 0 bridgehead atoms. The Balaban J connectivity index is 1.60. The van der Waals surface area contributed by atoms with Crippen LogP contribution in [0.15, 0.2) is 116 Å². The van der Waals surface area contributed by atoms with E-state index in [2.05, 4.69) is 29.1 Å². The molecule has 3 aromatic carbocycles. The van der Waals surface area contributed by atoms with E-state index < -0.39 is 24.1 Å². The lowest BCUT2D eigenvalue weighted by molar-refractivity contribution is -0.150. The number of amides is 3. The summed E-state index contributed by atoms with van der Waals surface area (Å²) in [6.45, 7) is 7.82. The third-order valence-electron chi connectivity index (χ3n) is 8.78. The Morgan fingerprint density at radius 1 is 0.698 bits per heavy atom. The fourth-order valence-electron chi connectivity index (χ4n) is 5.87. The van der Waals surface area contributed by atoms with Gasteiger partial charge >= 0.3 is 12.1 Å². The molecule has 0 aromatic heterocycles. The van der Waals surface area contributed by atoms with Crippen LogP contribution in [0.3, 0.4) is 0 Å². The summed E-state index contributed by atoms with van der Waals surface area (Å²) in [6.07, 6.45) is 6.87. The lowest BCUT2D eigenvalue weighted by Crippen LogP contribution is -2.45. The van der Waals surface area contributed by atoms with E-state index in [4.69, 9.17) is 9.47 Å². The Morgan fingerprint density at radius 3 is 1.92 bits per heavy atom. The molecule has 0 heterocycles. The molecule has 10 heteroatoms. The first kappa shape index (κ1) is 42.2. The molecule has 0 saturated heterocycles. The number of aliphatic hydroxyl groups excluding tert-OH is 1. The second-order valence-electron chi connectivity index (χ2n) is 13.1. The molecule has 4 unspecified atom stereocenters. The van der Waals surface area contributed by atoms with E-state index >= 15 is 0 Å². The normalized spacial score (nSPS) is 13.0. The van der Waals surface area contributed by atoms with Crippen molar-refractivity contribution < 1.29 is 33.8 Å². The van der Waals surface area contributed by atoms with E-state index in [1.165, 1.54) is 0 Å². The smallest absolute Gasteiger partial charge is 0.407 e. The Kier molecular flexibility index (Phi) is 19.8. The molecule has 10 nitrogen and oxygen atoms in total. The minimum Gasteiger partial charge on any atom is -0.463 e. The molecule has 4 atom stereocenters. The fourth-order valence-corrected chi connectivity index (χ4v) is 5.87. The molecule has 0 radical (unpaired) electrons. The van der Waals surface area contributed by atoms with Crippen molar-refractivity contribution in [3.05, 3.63) is 133 Å². The molecule has 0 aliphatic rings. The van der Waals surface area contributed by atoms with Gasteiger partial charge in [-0.25, -0.2) is 4.79 Å². The molecular formula is C43H55N3O7. The van der Waals surface area contributed by atoms with Crippen LogP contribution in [0.25, 0.3) is 0 Å². The number of esters is 1. The number of allylic oxidation sites excluding steroid dienone is 2. The molecule has 3 aromatic rings. The summed E-state index contributed by atoms with van der Waals surface area (Å²) in [4.78, 5) is 52.3. The molecule has 3 rings (SSSR count). The Morgan fingerprint density at radius 2 is 1.32 bits per heavy atom. The van der Waals surface area contributed by atoms with E-state index in [9.17, 15) is 24.3 Å². The minimum absolute atomic E-state index is 0.0484. The zero-order valence-electron chi connectivity index (χ0n) is 30.6. The van der Waals surface area contributed by atoms with E-state index in [-0.39, 0.29) is 56.4 Å². The Bertz CT molecular complexity index is 1540. The van der Waals surface area contributed by atoms with Crippen LogP contribution in [0.4, 0.5) is 4.79 Å². The van der Waals surface area contributed by atoms with Crippen molar-refractivity contribution >= 4 is 23.9 Å². The summed E-state index contributed by atoms with van der Waals surface area (Å²) in [5.74, 6) is -2.18. The number of rotatable bonds is 25. The monoisotopic (exact) mass is 725 g/mol. The number of hydrogen-bond acceptors (Lipinski definition) is 7. The maximum atomic E-state index is 13.6. The zero-order valence-corrected chi connectivity index (χ0v) is 30.6. The first-order valence-corrected chi connectivity index (χ1v) is 18.4. The summed E-state index contributed by atoms with van der Waals surface area (Å²) >= 11 is 0. The van der Waals surface area contributed by atoms with E-state index in [0.717, 1.165) is 16.7 Å². The zero-order chi connectivity index (χ0) is 38.1. The van der Waals surface area contributed by atoms with Crippen LogP contribution in [-0.4, -0.2) is 60.8 Å². The number of nitrogens with one attached hydrogen (secondary N) is 3. The SMILES string of the molecule is C=CCCC(Cc1ccccc1)C(=O)OCC(CCCCNC(=O)OCc1ccccc1)NC(=O)C(CC=C)CC(=O)NC(CO)Cc1ccccc1. The lowest BCUT2D eigenvalue weighted by Gasteiger charge is -2.24. The average molecular weight is 726 g/mol. The van der Waals surface area contributed by atoms with Crippen molar-refractivity contribution in [2.75, 3.05) is 19.8 Å². The minimum atomic E-state index is -0.721. The summed E-state index contributed by atoms with van der Waals surface area (Å²) < 4.78 is 11.1. The van der Waals surface area contributed by atoms with Crippen LogP contribution < -0.4 is 16.0 Å². The Hall–Kier alpha value is -5.22. The van der Waals surface area contributed by atoms with E-state index in [0.29, 0.717) is 51.5 Å². The molecular weight excluding hydrogens is 670 g/mol. The quantitative estimate of drug-likeness (QED) is 0.0460. The number of alkyl carbamates (subject to hydrolysis) is 1. The van der Waals surface area contributed by atoms with Crippen molar-refractivity contribution in [1.29, 1.82) is 0 Å². The maximum Gasteiger partial charge on any atom is 0.407 e. The highest BCUT2D eigenvalue weighted by molar-refractivity contribution is 5.86. The van der Waals surface area contributed by atoms with Gasteiger partial charge in [-0.3, -0.25) is 14.4 Å². The van der Waals surface area contributed by atoms with Gasteiger partial charge in [-0.15, -0.1) is 13.2 Å². The predicted octanol–water partition coefficient (Wildman–Crippen LogP) is 6.24. The number of unbranched alkanes of at least 4 members (excludes halogenated alkanes) is 1. The molecule has 0 aliphatic carbocycles. The van der Waals surface area contributed by atoms with Crippen molar-refractivity contribution in [3.63, 3.8) is 0 Å². The van der Waals surface area contributed by atoms with Crippen LogP contribution in [0.1, 0.15) is 61.6 Å². The highest BCUT2D eigenvalue weighted by Gasteiger charge is 2.26. The highest BCUT2D eigenvalue weighted by Crippen LogP contribution is 2.18. The summed E-state index contributed by atoms with van der Waals surface area (Å²) in [7, 11) is 0. The van der Waals surface area contributed by atoms with Crippen molar-refractivity contribution in [2.45, 2.75) is 76.5 Å². The second-order valence-corrected chi connectivity index (χ2v) is 13.1. The highest BCUT2D eigenvalue weighted by atomic mass is 16.5. The van der Waals surface area contributed by atoms with Crippen LogP contribution in [-0.2, 0) is 43.3 Å². The maximum absolute atomic E-state index is 13.6. The third kappa shape index (κ3) is 17.2. The van der Waals surface area contributed by atoms with Crippen LogP contribution in [0.2, 0.25) is 0 Å². The Labute approximate surface area is 314 Å². The summed E-state index contributed by atoms with van der Waals surface area (Å²) in [5.41, 5.74) is 2.88. The standard InChI is InChI=1S/C43H55N3O7/c1-3-5-24-37(27-33-18-9-6-10-19-33)42(50)52-32-38(25-15-16-26-44-43(51)53-31-35-22-13-8-14-23-35)46-41(49)36(17-4-2)29-40(48)45-39(30-47)28-34-20-11-7-12-21-34/h3-4,6-14,18-23,36-39,47H,1-2,5,15-17,24-32H2,(H,44,51)(H,45,48)(H,46,49). The summed E-state index contributed by atoms with van der Waals surface area (Å²) in [5, 5.41) is 18.5. The molecule has 0 aliphatic heterocycles. The number of carbonyl (C=O) groups excluding carboxylic acids is 4. The number of ether oxygens (including phenoxy) is 2. The van der Waals surface area contributed by atoms with Gasteiger partial charge < -0.3 is 30.5 Å². The predicted molar refractivity (Wildman–Crippen MR) is 207 cm³/mol. The number of hydrogen-bond donors (Lipinski definition) is 4. The molecule has 0 saturated carbocycles. The van der Waals surface area contributed by atoms with Gasteiger partial charge in [0.05, 0.1) is 30.5 Å². The first-order valence-electron chi connectivity index (χ1n) is 18.4. The molecule has 4 N–H and O–H groups in total. The van der Waals surface area contributed by atoms with Crippen molar-refractivity contribution in [3.8, 4) is 0 Å². The second kappa shape index (κ2) is 24.9. The third-order valence-corrected chi connectivity index (χ3v) is 8.78. The van der Waals surface area contributed by atoms with E-state index in [1.54, 1.807) is 12.2 Å². The van der Waals surface area contributed by atoms with Gasteiger partial charge in [-0.2, -0.15) is 0 Å².